The standard InChI is InChI=1S/C17H21NO/c1-12(2)15-5-4-6-16(11-15)18-13(3)14-7-9-17(19)10-8-14/h4-13,18-19H,1-3H3. The van der Waals surface area contributed by atoms with Gasteiger partial charge in [-0.2, -0.15) is 0 Å². The normalized spacial score (nSPS) is 12.4. The average molecular weight is 255 g/mol. The summed E-state index contributed by atoms with van der Waals surface area (Å²) in [5, 5.41) is 12.8. The van der Waals surface area contributed by atoms with Crippen LogP contribution in [0.1, 0.15) is 43.9 Å². The van der Waals surface area contributed by atoms with Crippen molar-refractivity contribution in [3.8, 4) is 5.75 Å². The average Bonchev–Trinajstić information content (AvgIpc) is 2.39. The molecule has 2 aromatic rings. The molecule has 2 rings (SSSR count). The number of hydrogen-bond donors (Lipinski definition) is 2. The highest BCUT2D eigenvalue weighted by Gasteiger charge is 2.06. The predicted octanol–water partition coefficient (Wildman–Crippen LogP) is 4.69. The maximum atomic E-state index is 9.31. The van der Waals surface area contributed by atoms with Gasteiger partial charge in [0.1, 0.15) is 5.75 Å². The molecule has 2 aromatic carbocycles. The van der Waals surface area contributed by atoms with E-state index >= 15 is 0 Å². The Morgan fingerprint density at radius 1 is 0.895 bits per heavy atom. The van der Waals surface area contributed by atoms with Gasteiger partial charge >= 0.3 is 0 Å². The van der Waals surface area contributed by atoms with E-state index in [9.17, 15) is 5.11 Å². The van der Waals surface area contributed by atoms with Crippen LogP contribution in [0.2, 0.25) is 0 Å². The second kappa shape index (κ2) is 5.79. The molecule has 0 saturated heterocycles. The Balaban J connectivity index is 2.12. The summed E-state index contributed by atoms with van der Waals surface area (Å²) in [6.07, 6.45) is 0. The van der Waals surface area contributed by atoms with E-state index in [2.05, 4.69) is 50.4 Å². The fourth-order valence-electron chi connectivity index (χ4n) is 2.08. The molecule has 0 bridgehead atoms. The van der Waals surface area contributed by atoms with Crippen molar-refractivity contribution < 1.29 is 5.11 Å². The summed E-state index contributed by atoms with van der Waals surface area (Å²) in [7, 11) is 0. The van der Waals surface area contributed by atoms with Gasteiger partial charge in [0.15, 0.2) is 0 Å². The fraction of sp³-hybridized carbons (Fsp3) is 0.294. The highest BCUT2D eigenvalue weighted by atomic mass is 16.3. The summed E-state index contributed by atoms with van der Waals surface area (Å²) in [6, 6.07) is 16.1. The molecule has 100 valence electrons. The second-order valence-electron chi connectivity index (χ2n) is 5.24. The topological polar surface area (TPSA) is 32.3 Å². The van der Waals surface area contributed by atoms with Gasteiger partial charge in [-0.3, -0.25) is 0 Å². The molecule has 2 nitrogen and oxygen atoms in total. The Morgan fingerprint density at radius 2 is 1.58 bits per heavy atom. The van der Waals surface area contributed by atoms with Gasteiger partial charge in [-0.15, -0.1) is 0 Å². The zero-order chi connectivity index (χ0) is 13.8. The molecule has 19 heavy (non-hydrogen) atoms. The van der Waals surface area contributed by atoms with Crippen molar-refractivity contribution in [2.24, 2.45) is 0 Å². The molecule has 0 fully saturated rings. The van der Waals surface area contributed by atoms with Crippen LogP contribution in [0.4, 0.5) is 5.69 Å². The predicted molar refractivity (Wildman–Crippen MR) is 80.7 cm³/mol. The van der Waals surface area contributed by atoms with Crippen molar-refractivity contribution >= 4 is 5.69 Å². The molecule has 1 atom stereocenters. The number of phenolic OH excluding ortho intramolecular Hbond substituents is 1. The van der Waals surface area contributed by atoms with Gasteiger partial charge in [0.2, 0.25) is 0 Å². The maximum absolute atomic E-state index is 9.31. The number of rotatable bonds is 4. The Bertz CT molecular complexity index is 531. The summed E-state index contributed by atoms with van der Waals surface area (Å²) in [5.74, 6) is 0.837. The maximum Gasteiger partial charge on any atom is 0.115 e. The molecule has 2 N–H and O–H groups in total. The summed E-state index contributed by atoms with van der Waals surface area (Å²) in [4.78, 5) is 0. The molecule has 1 unspecified atom stereocenters. The monoisotopic (exact) mass is 255 g/mol. The van der Waals surface area contributed by atoms with Gasteiger partial charge in [-0.1, -0.05) is 38.1 Å². The summed E-state index contributed by atoms with van der Waals surface area (Å²) >= 11 is 0. The van der Waals surface area contributed by atoms with Gasteiger partial charge in [-0.05, 0) is 48.2 Å². The molecule has 0 heterocycles. The number of benzene rings is 2. The Kier molecular flexibility index (Phi) is 4.10. The van der Waals surface area contributed by atoms with E-state index < -0.39 is 0 Å². The first-order valence-corrected chi connectivity index (χ1v) is 6.71. The Morgan fingerprint density at radius 3 is 2.21 bits per heavy atom. The first-order chi connectivity index (χ1) is 9.06. The molecular weight excluding hydrogens is 234 g/mol. The van der Waals surface area contributed by atoms with E-state index in [0.29, 0.717) is 11.7 Å². The minimum atomic E-state index is 0.211. The van der Waals surface area contributed by atoms with Crippen molar-refractivity contribution in [2.45, 2.75) is 32.7 Å². The molecule has 0 amide bonds. The molecule has 0 aliphatic heterocycles. The highest BCUT2D eigenvalue weighted by Crippen LogP contribution is 2.23. The Hall–Kier alpha value is -1.96. The first kappa shape index (κ1) is 13.5. The molecular formula is C17H21NO. The zero-order valence-electron chi connectivity index (χ0n) is 11.7. The Labute approximate surface area is 115 Å². The third-order valence-corrected chi connectivity index (χ3v) is 3.33. The van der Waals surface area contributed by atoms with Gasteiger partial charge in [0.25, 0.3) is 0 Å². The van der Waals surface area contributed by atoms with Crippen LogP contribution in [0.3, 0.4) is 0 Å². The zero-order valence-corrected chi connectivity index (χ0v) is 11.7. The lowest BCUT2D eigenvalue weighted by molar-refractivity contribution is 0.475. The van der Waals surface area contributed by atoms with Crippen molar-refractivity contribution in [2.75, 3.05) is 5.32 Å². The largest absolute Gasteiger partial charge is 0.508 e. The van der Waals surface area contributed by atoms with Crippen LogP contribution in [-0.2, 0) is 0 Å². The molecule has 0 saturated carbocycles. The number of phenols is 1. The third-order valence-electron chi connectivity index (χ3n) is 3.33. The van der Waals surface area contributed by atoms with Crippen molar-refractivity contribution in [1.29, 1.82) is 0 Å². The van der Waals surface area contributed by atoms with Gasteiger partial charge in [0, 0.05) is 11.7 Å². The lowest BCUT2D eigenvalue weighted by atomic mass is 10.0. The summed E-state index contributed by atoms with van der Waals surface area (Å²) in [5.41, 5.74) is 3.63. The van der Waals surface area contributed by atoms with E-state index in [4.69, 9.17) is 0 Å². The first-order valence-electron chi connectivity index (χ1n) is 6.71. The highest BCUT2D eigenvalue weighted by molar-refractivity contribution is 5.48. The van der Waals surface area contributed by atoms with Gasteiger partial charge in [0.05, 0.1) is 0 Å². The van der Waals surface area contributed by atoms with Crippen molar-refractivity contribution in [1.82, 2.24) is 0 Å². The SMILES string of the molecule is CC(C)c1cccc(NC(C)c2ccc(O)cc2)c1. The van der Waals surface area contributed by atoms with Crippen molar-refractivity contribution in [3.05, 3.63) is 59.7 Å². The third kappa shape index (κ3) is 3.50. The van der Waals surface area contributed by atoms with Crippen LogP contribution < -0.4 is 5.32 Å². The number of hydrogen-bond acceptors (Lipinski definition) is 2. The fourth-order valence-corrected chi connectivity index (χ4v) is 2.08. The quantitative estimate of drug-likeness (QED) is 0.830. The van der Waals surface area contributed by atoms with Crippen LogP contribution in [0, 0.1) is 0 Å². The van der Waals surface area contributed by atoms with E-state index in [1.54, 1.807) is 12.1 Å². The number of nitrogens with one attached hydrogen (secondary N) is 1. The van der Waals surface area contributed by atoms with E-state index in [0.717, 1.165) is 11.3 Å². The van der Waals surface area contributed by atoms with Gasteiger partial charge in [-0.25, -0.2) is 0 Å². The van der Waals surface area contributed by atoms with E-state index in [1.807, 2.05) is 12.1 Å². The lowest BCUT2D eigenvalue weighted by Gasteiger charge is -2.17. The van der Waals surface area contributed by atoms with Crippen LogP contribution in [0.15, 0.2) is 48.5 Å². The summed E-state index contributed by atoms with van der Waals surface area (Å²) in [6.45, 7) is 6.51. The minimum Gasteiger partial charge on any atom is -0.508 e. The lowest BCUT2D eigenvalue weighted by Crippen LogP contribution is -2.06. The molecule has 2 heteroatoms. The molecule has 0 aromatic heterocycles. The van der Waals surface area contributed by atoms with Gasteiger partial charge < -0.3 is 10.4 Å². The minimum absolute atomic E-state index is 0.211. The molecule has 0 aliphatic rings. The van der Waals surface area contributed by atoms with Crippen LogP contribution in [0.25, 0.3) is 0 Å². The van der Waals surface area contributed by atoms with E-state index in [-0.39, 0.29) is 6.04 Å². The molecule has 0 aliphatic carbocycles. The summed E-state index contributed by atoms with van der Waals surface area (Å²) < 4.78 is 0. The van der Waals surface area contributed by atoms with Crippen molar-refractivity contribution in [3.63, 3.8) is 0 Å². The number of anilines is 1. The molecule has 0 spiro atoms. The van der Waals surface area contributed by atoms with Crippen LogP contribution in [-0.4, -0.2) is 5.11 Å². The van der Waals surface area contributed by atoms with Crippen LogP contribution in [0.5, 0.6) is 5.75 Å². The second-order valence-corrected chi connectivity index (χ2v) is 5.24. The van der Waals surface area contributed by atoms with Crippen LogP contribution >= 0.6 is 0 Å². The smallest absolute Gasteiger partial charge is 0.115 e. The molecule has 0 radical (unpaired) electrons. The number of aromatic hydroxyl groups is 1. The van der Waals surface area contributed by atoms with E-state index in [1.165, 1.54) is 5.56 Å².